The van der Waals surface area contributed by atoms with Crippen LogP contribution in [0.3, 0.4) is 0 Å². The van der Waals surface area contributed by atoms with E-state index in [2.05, 4.69) is 64.6 Å². The van der Waals surface area contributed by atoms with Crippen LogP contribution in [0.1, 0.15) is 50.4 Å². The summed E-state index contributed by atoms with van der Waals surface area (Å²) < 4.78 is 0. The topological polar surface area (TPSA) is 29.3 Å². The number of nitrogens with two attached hydrogens (primary N) is 1. The van der Waals surface area contributed by atoms with Gasteiger partial charge in [0.15, 0.2) is 0 Å². The van der Waals surface area contributed by atoms with Gasteiger partial charge in [0.2, 0.25) is 0 Å². The fraction of sp³-hybridized carbons (Fsp3) is 0.647. The van der Waals surface area contributed by atoms with Crippen LogP contribution >= 0.6 is 0 Å². The predicted octanol–water partition coefficient (Wildman–Crippen LogP) is 3.67. The van der Waals surface area contributed by atoms with Gasteiger partial charge >= 0.3 is 0 Å². The SMILES string of the molecule is CCN(CC(C)(C)CN)C(C)c1ccc(C)cc1C. The summed E-state index contributed by atoms with van der Waals surface area (Å²) in [6.07, 6.45) is 0. The molecule has 0 saturated heterocycles. The van der Waals surface area contributed by atoms with E-state index in [1.807, 2.05) is 0 Å². The van der Waals surface area contributed by atoms with Crippen molar-refractivity contribution in [3.8, 4) is 0 Å². The van der Waals surface area contributed by atoms with Gasteiger partial charge in [-0.3, -0.25) is 4.90 Å². The van der Waals surface area contributed by atoms with Gasteiger partial charge in [0.25, 0.3) is 0 Å². The molecule has 1 aromatic carbocycles. The standard InChI is InChI=1S/C17H30N2/c1-7-19(12-17(5,6)11-18)15(4)16-9-8-13(2)10-14(16)3/h8-10,15H,7,11-12,18H2,1-6H3. The summed E-state index contributed by atoms with van der Waals surface area (Å²) in [5.41, 5.74) is 10.2. The Hall–Kier alpha value is -0.860. The molecule has 0 aliphatic rings. The number of hydrogen-bond donors (Lipinski definition) is 1. The van der Waals surface area contributed by atoms with Gasteiger partial charge in [-0.2, -0.15) is 0 Å². The molecular formula is C17H30N2. The average molecular weight is 262 g/mol. The summed E-state index contributed by atoms with van der Waals surface area (Å²) >= 11 is 0. The first-order valence-corrected chi connectivity index (χ1v) is 7.32. The molecule has 1 unspecified atom stereocenters. The molecule has 0 saturated carbocycles. The van der Waals surface area contributed by atoms with E-state index in [1.165, 1.54) is 16.7 Å². The van der Waals surface area contributed by atoms with Gasteiger partial charge < -0.3 is 5.73 Å². The van der Waals surface area contributed by atoms with Crippen molar-refractivity contribution in [2.45, 2.75) is 47.6 Å². The van der Waals surface area contributed by atoms with Gasteiger partial charge in [-0.1, -0.05) is 44.5 Å². The Bertz CT molecular complexity index is 410. The number of hydrogen-bond acceptors (Lipinski definition) is 2. The maximum atomic E-state index is 5.87. The van der Waals surface area contributed by atoms with Crippen molar-refractivity contribution < 1.29 is 0 Å². The van der Waals surface area contributed by atoms with Crippen molar-refractivity contribution >= 4 is 0 Å². The third-order valence-corrected chi connectivity index (χ3v) is 4.01. The molecule has 0 amide bonds. The van der Waals surface area contributed by atoms with E-state index in [0.29, 0.717) is 6.04 Å². The zero-order valence-corrected chi connectivity index (χ0v) is 13.5. The molecule has 1 aromatic rings. The van der Waals surface area contributed by atoms with Gasteiger partial charge in [-0.15, -0.1) is 0 Å². The molecule has 0 spiro atoms. The maximum Gasteiger partial charge on any atom is 0.0322 e. The lowest BCUT2D eigenvalue weighted by atomic mass is 9.91. The van der Waals surface area contributed by atoms with Gasteiger partial charge in [-0.25, -0.2) is 0 Å². The van der Waals surface area contributed by atoms with Crippen LogP contribution in [0.15, 0.2) is 18.2 Å². The summed E-state index contributed by atoms with van der Waals surface area (Å²) in [7, 11) is 0. The first-order chi connectivity index (χ1) is 8.80. The van der Waals surface area contributed by atoms with Crippen LogP contribution < -0.4 is 5.73 Å². The van der Waals surface area contributed by atoms with Crippen molar-refractivity contribution in [3.05, 3.63) is 34.9 Å². The largest absolute Gasteiger partial charge is 0.330 e. The third-order valence-electron chi connectivity index (χ3n) is 4.01. The lowest BCUT2D eigenvalue weighted by Crippen LogP contribution is -2.40. The van der Waals surface area contributed by atoms with Crippen molar-refractivity contribution in [2.24, 2.45) is 11.1 Å². The van der Waals surface area contributed by atoms with E-state index in [4.69, 9.17) is 5.73 Å². The van der Waals surface area contributed by atoms with Crippen molar-refractivity contribution in [1.29, 1.82) is 0 Å². The van der Waals surface area contributed by atoms with Crippen molar-refractivity contribution in [3.63, 3.8) is 0 Å². The minimum atomic E-state index is 0.170. The molecule has 0 aliphatic heterocycles. The number of aryl methyl sites for hydroxylation is 2. The summed E-state index contributed by atoms with van der Waals surface area (Å²) in [5.74, 6) is 0. The first-order valence-electron chi connectivity index (χ1n) is 7.32. The van der Waals surface area contributed by atoms with Gasteiger partial charge in [-0.05, 0) is 50.4 Å². The van der Waals surface area contributed by atoms with Crippen molar-refractivity contribution in [2.75, 3.05) is 19.6 Å². The third kappa shape index (κ3) is 4.32. The Labute approximate surface area is 119 Å². The summed E-state index contributed by atoms with van der Waals surface area (Å²) in [4.78, 5) is 2.52. The monoisotopic (exact) mass is 262 g/mol. The lowest BCUT2D eigenvalue weighted by molar-refractivity contribution is 0.147. The summed E-state index contributed by atoms with van der Waals surface area (Å²) in [6.45, 7) is 16.2. The maximum absolute atomic E-state index is 5.87. The van der Waals surface area contributed by atoms with E-state index in [-0.39, 0.29) is 5.41 Å². The predicted molar refractivity (Wildman–Crippen MR) is 84.4 cm³/mol. The molecular weight excluding hydrogens is 232 g/mol. The highest BCUT2D eigenvalue weighted by Gasteiger charge is 2.24. The molecule has 0 heterocycles. The molecule has 2 N–H and O–H groups in total. The van der Waals surface area contributed by atoms with Crippen LogP contribution in [0.5, 0.6) is 0 Å². The van der Waals surface area contributed by atoms with Crippen LogP contribution in [-0.2, 0) is 0 Å². The second-order valence-corrected chi connectivity index (χ2v) is 6.47. The Morgan fingerprint density at radius 3 is 2.37 bits per heavy atom. The highest BCUT2D eigenvalue weighted by Crippen LogP contribution is 2.27. The number of benzene rings is 1. The zero-order valence-electron chi connectivity index (χ0n) is 13.5. The summed E-state index contributed by atoms with van der Waals surface area (Å²) in [6, 6.07) is 7.19. The fourth-order valence-electron chi connectivity index (χ4n) is 2.63. The van der Waals surface area contributed by atoms with E-state index in [1.54, 1.807) is 0 Å². The van der Waals surface area contributed by atoms with Crippen LogP contribution in [0.2, 0.25) is 0 Å². The lowest BCUT2D eigenvalue weighted by Gasteiger charge is -2.36. The van der Waals surface area contributed by atoms with E-state index < -0.39 is 0 Å². The quantitative estimate of drug-likeness (QED) is 0.847. The Morgan fingerprint density at radius 2 is 1.89 bits per heavy atom. The Morgan fingerprint density at radius 1 is 1.26 bits per heavy atom. The molecule has 0 aromatic heterocycles. The minimum absolute atomic E-state index is 0.170. The Kier molecular flexibility index (Phi) is 5.57. The molecule has 0 bridgehead atoms. The molecule has 108 valence electrons. The van der Waals surface area contributed by atoms with Crippen LogP contribution in [-0.4, -0.2) is 24.5 Å². The fourth-order valence-corrected chi connectivity index (χ4v) is 2.63. The smallest absolute Gasteiger partial charge is 0.0322 e. The number of rotatable bonds is 6. The highest BCUT2D eigenvalue weighted by atomic mass is 15.2. The second-order valence-electron chi connectivity index (χ2n) is 6.47. The Balaban J connectivity index is 2.92. The van der Waals surface area contributed by atoms with Crippen LogP contribution in [0.4, 0.5) is 0 Å². The molecule has 1 atom stereocenters. The minimum Gasteiger partial charge on any atom is -0.330 e. The van der Waals surface area contributed by atoms with Crippen molar-refractivity contribution in [1.82, 2.24) is 4.90 Å². The second kappa shape index (κ2) is 6.53. The highest BCUT2D eigenvalue weighted by molar-refractivity contribution is 5.32. The molecule has 0 aliphatic carbocycles. The molecule has 2 heteroatoms. The van der Waals surface area contributed by atoms with Gasteiger partial charge in [0.05, 0.1) is 0 Å². The van der Waals surface area contributed by atoms with E-state index in [0.717, 1.165) is 19.6 Å². The molecule has 0 radical (unpaired) electrons. The van der Waals surface area contributed by atoms with E-state index >= 15 is 0 Å². The van der Waals surface area contributed by atoms with E-state index in [9.17, 15) is 0 Å². The first kappa shape index (κ1) is 16.2. The van der Waals surface area contributed by atoms with Gasteiger partial charge in [0.1, 0.15) is 0 Å². The number of nitrogens with zero attached hydrogens (tertiary/aromatic N) is 1. The molecule has 2 nitrogen and oxygen atoms in total. The zero-order chi connectivity index (χ0) is 14.6. The van der Waals surface area contributed by atoms with Gasteiger partial charge in [0, 0.05) is 12.6 Å². The molecule has 0 fully saturated rings. The van der Waals surface area contributed by atoms with Crippen LogP contribution in [0, 0.1) is 19.3 Å². The summed E-state index contributed by atoms with van der Waals surface area (Å²) in [5, 5.41) is 0. The van der Waals surface area contributed by atoms with Crippen LogP contribution in [0.25, 0.3) is 0 Å². The molecule has 19 heavy (non-hydrogen) atoms. The normalized spacial score (nSPS) is 13.9. The average Bonchev–Trinajstić information content (AvgIpc) is 2.35. The molecule has 1 rings (SSSR count).